The van der Waals surface area contributed by atoms with Crippen LogP contribution in [0.3, 0.4) is 0 Å². The Balaban J connectivity index is 2.24. The van der Waals surface area contributed by atoms with Crippen molar-refractivity contribution in [1.82, 2.24) is 4.68 Å². The van der Waals surface area contributed by atoms with Crippen molar-refractivity contribution in [2.24, 2.45) is 5.10 Å². The van der Waals surface area contributed by atoms with Gasteiger partial charge in [-0.15, -0.1) is 11.3 Å². The Morgan fingerprint density at radius 2 is 1.93 bits per heavy atom. The van der Waals surface area contributed by atoms with Gasteiger partial charge in [0.15, 0.2) is 3.95 Å². The number of nitrogens with zero attached hydrogens (tertiary/aromatic N) is 2. The maximum atomic E-state index is 9.53. The molecule has 5 heteroatoms. The van der Waals surface area contributed by atoms with Crippen molar-refractivity contribution in [3.63, 3.8) is 0 Å². The molecule has 0 aromatic carbocycles. The summed E-state index contributed by atoms with van der Waals surface area (Å²) in [5.74, 6) is 0.154. The average Bonchev–Trinajstić information content (AvgIpc) is 2.49. The van der Waals surface area contributed by atoms with Gasteiger partial charge in [0.05, 0.1) is 5.38 Å². The molecule has 0 amide bonds. The summed E-state index contributed by atoms with van der Waals surface area (Å²) >= 11 is 6.44. The molecule has 1 heterocycles. The zero-order valence-corrected chi connectivity index (χ0v) is 10.1. The summed E-state index contributed by atoms with van der Waals surface area (Å²) < 4.78 is 2.09. The van der Waals surface area contributed by atoms with Crippen LogP contribution in [0, 0.1) is 3.95 Å². The molecule has 82 valence electrons. The van der Waals surface area contributed by atoms with E-state index in [-0.39, 0.29) is 5.88 Å². The molecule has 0 spiro atoms. The van der Waals surface area contributed by atoms with Crippen molar-refractivity contribution in [2.75, 3.05) is 0 Å². The second-order valence-electron chi connectivity index (χ2n) is 3.75. The highest BCUT2D eigenvalue weighted by molar-refractivity contribution is 7.73. The fourth-order valence-electron chi connectivity index (χ4n) is 1.77. The molecule has 0 radical (unpaired) electrons. The number of aromatic nitrogens is 1. The maximum Gasteiger partial charge on any atom is 0.224 e. The van der Waals surface area contributed by atoms with E-state index in [1.807, 2.05) is 0 Å². The van der Waals surface area contributed by atoms with Crippen LogP contribution in [0.2, 0.25) is 0 Å². The van der Waals surface area contributed by atoms with E-state index in [2.05, 4.69) is 5.10 Å². The molecule has 1 aromatic rings. The quantitative estimate of drug-likeness (QED) is 0.604. The van der Waals surface area contributed by atoms with E-state index in [1.165, 1.54) is 41.7 Å². The number of hydrogen-bond acceptors (Lipinski definition) is 4. The van der Waals surface area contributed by atoms with Crippen molar-refractivity contribution < 1.29 is 5.11 Å². The van der Waals surface area contributed by atoms with Crippen LogP contribution in [0.25, 0.3) is 0 Å². The van der Waals surface area contributed by atoms with E-state index < -0.39 is 0 Å². The third-order valence-electron chi connectivity index (χ3n) is 2.58. The van der Waals surface area contributed by atoms with Gasteiger partial charge in [-0.3, -0.25) is 0 Å². The molecule has 1 aliphatic carbocycles. The minimum absolute atomic E-state index is 0.154. The van der Waals surface area contributed by atoms with Crippen LogP contribution in [-0.2, 0) is 0 Å². The summed E-state index contributed by atoms with van der Waals surface area (Å²) in [7, 11) is 0. The molecular formula is C10H14N2OS2. The third-order valence-corrected chi connectivity index (χ3v) is 3.74. The van der Waals surface area contributed by atoms with E-state index >= 15 is 0 Å². The number of hydrogen-bond donors (Lipinski definition) is 1. The number of rotatable bonds is 1. The van der Waals surface area contributed by atoms with E-state index in [1.54, 1.807) is 5.38 Å². The molecular weight excluding hydrogens is 228 g/mol. The Morgan fingerprint density at radius 3 is 2.47 bits per heavy atom. The molecule has 15 heavy (non-hydrogen) atoms. The first kappa shape index (κ1) is 10.8. The fourth-order valence-corrected chi connectivity index (χ4v) is 2.59. The van der Waals surface area contributed by atoms with Crippen LogP contribution in [0.1, 0.15) is 38.5 Å². The maximum absolute atomic E-state index is 9.53. The summed E-state index contributed by atoms with van der Waals surface area (Å²) in [6.07, 6.45) is 7.07. The molecule has 1 N–H and O–H groups in total. The van der Waals surface area contributed by atoms with Crippen LogP contribution in [0.4, 0.5) is 0 Å². The second kappa shape index (κ2) is 4.90. The molecule has 0 bridgehead atoms. The SMILES string of the molecule is Oc1csc(=S)n1N=C1CCCCCC1. The van der Waals surface area contributed by atoms with E-state index in [9.17, 15) is 5.11 Å². The van der Waals surface area contributed by atoms with Gasteiger partial charge >= 0.3 is 0 Å². The van der Waals surface area contributed by atoms with Crippen molar-refractivity contribution in [2.45, 2.75) is 38.5 Å². The highest BCUT2D eigenvalue weighted by atomic mass is 32.1. The van der Waals surface area contributed by atoms with Gasteiger partial charge in [-0.05, 0) is 37.9 Å². The van der Waals surface area contributed by atoms with Crippen LogP contribution in [-0.4, -0.2) is 15.5 Å². The zero-order chi connectivity index (χ0) is 10.7. The van der Waals surface area contributed by atoms with Gasteiger partial charge in [0.1, 0.15) is 0 Å². The second-order valence-corrected chi connectivity index (χ2v) is 5.26. The predicted octanol–water partition coefficient (Wildman–Crippen LogP) is 3.54. The first-order valence-electron chi connectivity index (χ1n) is 5.23. The van der Waals surface area contributed by atoms with Gasteiger partial charge in [-0.2, -0.15) is 9.78 Å². The molecule has 0 saturated heterocycles. The summed E-state index contributed by atoms with van der Waals surface area (Å²) in [4.78, 5) is 0. The van der Waals surface area contributed by atoms with Gasteiger partial charge < -0.3 is 5.11 Å². The molecule has 1 saturated carbocycles. The normalized spacial score (nSPS) is 17.5. The van der Waals surface area contributed by atoms with Crippen LogP contribution < -0.4 is 0 Å². The number of aromatic hydroxyl groups is 1. The Hall–Kier alpha value is -0.680. The lowest BCUT2D eigenvalue weighted by Gasteiger charge is -2.02. The summed E-state index contributed by atoms with van der Waals surface area (Å²) in [6, 6.07) is 0. The summed E-state index contributed by atoms with van der Waals surface area (Å²) in [5.41, 5.74) is 1.16. The Labute approximate surface area is 98.1 Å². The lowest BCUT2D eigenvalue weighted by atomic mass is 10.2. The zero-order valence-electron chi connectivity index (χ0n) is 8.48. The fraction of sp³-hybridized carbons (Fsp3) is 0.600. The highest BCUT2D eigenvalue weighted by Crippen LogP contribution is 2.20. The van der Waals surface area contributed by atoms with Gasteiger partial charge in [0.2, 0.25) is 5.88 Å². The summed E-state index contributed by atoms with van der Waals surface area (Å²) in [6.45, 7) is 0. The van der Waals surface area contributed by atoms with Gasteiger partial charge in [-0.1, -0.05) is 12.8 Å². The summed E-state index contributed by atoms with van der Waals surface area (Å²) in [5, 5.41) is 15.6. The first-order valence-corrected chi connectivity index (χ1v) is 6.52. The Bertz CT molecular complexity index is 409. The largest absolute Gasteiger partial charge is 0.493 e. The van der Waals surface area contributed by atoms with Crippen molar-refractivity contribution in [3.8, 4) is 5.88 Å². The lowest BCUT2D eigenvalue weighted by molar-refractivity contribution is 0.428. The third kappa shape index (κ3) is 2.66. The monoisotopic (exact) mass is 242 g/mol. The first-order chi connectivity index (χ1) is 7.27. The number of thiazole rings is 1. The van der Waals surface area contributed by atoms with E-state index in [0.717, 1.165) is 18.6 Å². The molecule has 1 aliphatic rings. The molecule has 0 atom stereocenters. The predicted molar refractivity (Wildman–Crippen MR) is 65.3 cm³/mol. The Kier molecular flexibility index (Phi) is 3.53. The van der Waals surface area contributed by atoms with Gasteiger partial charge in [-0.25, -0.2) is 0 Å². The minimum atomic E-state index is 0.154. The van der Waals surface area contributed by atoms with Crippen molar-refractivity contribution in [3.05, 3.63) is 9.33 Å². The Morgan fingerprint density at radius 1 is 1.27 bits per heavy atom. The molecule has 1 aromatic heterocycles. The highest BCUT2D eigenvalue weighted by Gasteiger charge is 2.07. The average molecular weight is 242 g/mol. The lowest BCUT2D eigenvalue weighted by Crippen LogP contribution is -2.00. The van der Waals surface area contributed by atoms with Gasteiger partial charge in [0.25, 0.3) is 0 Å². The van der Waals surface area contributed by atoms with Crippen molar-refractivity contribution >= 4 is 29.3 Å². The molecule has 1 fully saturated rings. The molecule has 0 unspecified atom stereocenters. The standard InChI is InChI=1S/C10H14N2OS2/c13-9-7-15-10(14)12(9)11-8-5-3-1-2-4-6-8/h7,13H,1-6H2. The van der Waals surface area contributed by atoms with Crippen molar-refractivity contribution in [1.29, 1.82) is 0 Å². The van der Waals surface area contributed by atoms with E-state index in [0.29, 0.717) is 3.95 Å². The molecule has 2 rings (SSSR count). The van der Waals surface area contributed by atoms with E-state index in [4.69, 9.17) is 12.2 Å². The minimum Gasteiger partial charge on any atom is -0.493 e. The van der Waals surface area contributed by atoms with Crippen LogP contribution in [0.15, 0.2) is 10.5 Å². The molecule has 0 aliphatic heterocycles. The molecule has 3 nitrogen and oxygen atoms in total. The topological polar surface area (TPSA) is 37.5 Å². The smallest absolute Gasteiger partial charge is 0.224 e. The van der Waals surface area contributed by atoms with Crippen LogP contribution in [0.5, 0.6) is 5.88 Å². The van der Waals surface area contributed by atoms with Crippen LogP contribution >= 0.6 is 23.6 Å². The van der Waals surface area contributed by atoms with Gasteiger partial charge in [0, 0.05) is 5.71 Å².